The number of non-ortho nitro benzene ring substituents is 1. The van der Waals surface area contributed by atoms with Crippen LogP contribution in [0.2, 0.25) is 0 Å². The largest absolute Gasteiger partial charge is 0.493 e. The summed E-state index contributed by atoms with van der Waals surface area (Å²) >= 11 is 0. The lowest BCUT2D eigenvalue weighted by molar-refractivity contribution is -0.384. The van der Waals surface area contributed by atoms with Crippen LogP contribution in [0.15, 0.2) is 42.5 Å². The number of nitro groups is 1. The van der Waals surface area contributed by atoms with Crippen molar-refractivity contribution in [2.75, 3.05) is 21.3 Å². The molecule has 2 aromatic heterocycles. The van der Waals surface area contributed by atoms with Crippen molar-refractivity contribution in [1.82, 2.24) is 15.2 Å². The Labute approximate surface area is 186 Å². The highest BCUT2D eigenvalue weighted by molar-refractivity contribution is 6.08. The van der Waals surface area contributed by atoms with Crippen molar-refractivity contribution >= 4 is 22.7 Å². The van der Waals surface area contributed by atoms with Gasteiger partial charge in [0.15, 0.2) is 17.1 Å². The van der Waals surface area contributed by atoms with Crippen LogP contribution in [0.4, 0.5) is 5.69 Å². The summed E-state index contributed by atoms with van der Waals surface area (Å²) in [5.41, 5.74) is 1.39. The molecule has 2 N–H and O–H groups in total. The number of carboxylic acid groups (broad SMARTS) is 1. The Hall–Kier alpha value is -4.67. The molecule has 0 spiro atoms. The van der Waals surface area contributed by atoms with Gasteiger partial charge in [-0.25, -0.2) is 9.78 Å². The number of rotatable bonds is 7. The lowest BCUT2D eigenvalue weighted by atomic mass is 10.0. The first-order valence-electron chi connectivity index (χ1n) is 9.56. The first-order chi connectivity index (χ1) is 15.9. The molecule has 2 aromatic carbocycles. The van der Waals surface area contributed by atoms with E-state index in [0.29, 0.717) is 34.1 Å². The Bertz CT molecular complexity index is 1400. The first-order valence-corrected chi connectivity index (χ1v) is 9.56. The Morgan fingerprint density at radius 1 is 1.06 bits per heavy atom. The smallest absolute Gasteiger partial charge is 0.336 e. The number of nitro benzene ring substituents is 1. The number of pyridine rings is 1. The second kappa shape index (κ2) is 8.46. The number of nitrogens with zero attached hydrogens (tertiary/aromatic N) is 3. The molecule has 0 atom stereocenters. The van der Waals surface area contributed by atoms with Gasteiger partial charge in [0.1, 0.15) is 0 Å². The van der Waals surface area contributed by atoms with Gasteiger partial charge in [0.2, 0.25) is 5.75 Å². The van der Waals surface area contributed by atoms with Crippen LogP contribution in [0.3, 0.4) is 0 Å². The molecule has 0 amide bonds. The molecule has 0 aliphatic rings. The highest BCUT2D eigenvalue weighted by Crippen LogP contribution is 2.44. The zero-order valence-electron chi connectivity index (χ0n) is 17.8. The number of hydrogen-bond acceptors (Lipinski definition) is 8. The van der Waals surface area contributed by atoms with Crippen molar-refractivity contribution in [1.29, 1.82) is 0 Å². The summed E-state index contributed by atoms with van der Waals surface area (Å²) in [6, 6.07) is 10.5. The number of carboxylic acids is 1. The quantitative estimate of drug-likeness (QED) is 0.315. The molecule has 0 bridgehead atoms. The van der Waals surface area contributed by atoms with E-state index in [1.807, 2.05) is 0 Å². The molecule has 0 saturated carbocycles. The van der Waals surface area contributed by atoms with Gasteiger partial charge in [-0.2, -0.15) is 5.10 Å². The number of ether oxygens (including phenoxy) is 3. The first kappa shape index (κ1) is 21.6. The second-order valence-electron chi connectivity index (χ2n) is 6.85. The van der Waals surface area contributed by atoms with Gasteiger partial charge >= 0.3 is 5.97 Å². The van der Waals surface area contributed by atoms with Crippen LogP contribution in [0, 0.1) is 10.1 Å². The molecular formula is C22H18N4O7. The van der Waals surface area contributed by atoms with E-state index < -0.39 is 10.9 Å². The van der Waals surface area contributed by atoms with E-state index in [9.17, 15) is 20.0 Å². The maximum absolute atomic E-state index is 12.2. The van der Waals surface area contributed by atoms with Crippen LogP contribution in [0.25, 0.3) is 33.5 Å². The number of aromatic nitrogens is 3. The Balaban J connectivity index is 1.96. The fourth-order valence-electron chi connectivity index (χ4n) is 3.62. The Morgan fingerprint density at radius 3 is 2.45 bits per heavy atom. The van der Waals surface area contributed by atoms with Gasteiger partial charge in [-0.15, -0.1) is 0 Å². The minimum Gasteiger partial charge on any atom is -0.493 e. The molecule has 4 rings (SSSR count). The van der Waals surface area contributed by atoms with E-state index in [0.717, 1.165) is 0 Å². The van der Waals surface area contributed by atoms with Crippen molar-refractivity contribution in [2.45, 2.75) is 0 Å². The van der Waals surface area contributed by atoms with Gasteiger partial charge < -0.3 is 19.3 Å². The van der Waals surface area contributed by atoms with Crippen LogP contribution in [-0.2, 0) is 0 Å². The van der Waals surface area contributed by atoms with Crippen LogP contribution in [-0.4, -0.2) is 52.5 Å². The van der Waals surface area contributed by atoms with Gasteiger partial charge in [0.05, 0.1) is 48.6 Å². The van der Waals surface area contributed by atoms with E-state index in [1.165, 1.54) is 45.6 Å². The molecule has 0 saturated heterocycles. The number of methoxy groups -OCH3 is 3. The average molecular weight is 450 g/mol. The third-order valence-electron chi connectivity index (χ3n) is 5.08. The highest BCUT2D eigenvalue weighted by Gasteiger charge is 2.24. The third kappa shape index (κ3) is 3.65. The molecule has 33 heavy (non-hydrogen) atoms. The fourth-order valence-corrected chi connectivity index (χ4v) is 3.62. The predicted octanol–water partition coefficient (Wildman–Crippen LogP) is 3.92. The molecule has 168 valence electrons. The molecule has 0 unspecified atom stereocenters. The molecular weight excluding hydrogens is 432 g/mol. The van der Waals surface area contributed by atoms with Gasteiger partial charge in [-0.3, -0.25) is 15.2 Å². The summed E-state index contributed by atoms with van der Waals surface area (Å²) in [7, 11) is 4.40. The molecule has 11 heteroatoms. The number of hydrogen-bond donors (Lipinski definition) is 2. The number of carbonyl (C=O) groups is 1. The molecule has 11 nitrogen and oxygen atoms in total. The highest BCUT2D eigenvalue weighted by atomic mass is 16.6. The van der Waals surface area contributed by atoms with Crippen molar-refractivity contribution < 1.29 is 29.0 Å². The summed E-state index contributed by atoms with van der Waals surface area (Å²) in [6.45, 7) is 0. The monoisotopic (exact) mass is 450 g/mol. The topological polar surface area (TPSA) is 150 Å². The molecule has 0 radical (unpaired) electrons. The van der Waals surface area contributed by atoms with Gasteiger partial charge in [0.25, 0.3) is 5.69 Å². The van der Waals surface area contributed by atoms with Crippen LogP contribution in [0.1, 0.15) is 10.4 Å². The van der Waals surface area contributed by atoms with E-state index >= 15 is 0 Å². The van der Waals surface area contributed by atoms with E-state index in [-0.39, 0.29) is 28.0 Å². The number of aromatic carboxylic acids is 1. The average Bonchev–Trinajstić information content (AvgIpc) is 3.26. The van der Waals surface area contributed by atoms with Gasteiger partial charge in [0, 0.05) is 23.3 Å². The number of benzene rings is 2. The fraction of sp³-hybridized carbons (Fsp3) is 0.136. The molecule has 0 aliphatic heterocycles. The summed E-state index contributed by atoms with van der Waals surface area (Å²) in [5.74, 6) is -0.133. The van der Waals surface area contributed by atoms with Crippen LogP contribution in [0.5, 0.6) is 17.2 Å². The minimum absolute atomic E-state index is 0.0814. The minimum atomic E-state index is -1.21. The molecule has 4 aromatic rings. The number of H-pyrrole nitrogens is 1. The molecule has 0 fully saturated rings. The summed E-state index contributed by atoms with van der Waals surface area (Å²) < 4.78 is 16.2. The third-order valence-corrected chi connectivity index (χ3v) is 5.08. The predicted molar refractivity (Wildman–Crippen MR) is 118 cm³/mol. The lowest BCUT2D eigenvalue weighted by Crippen LogP contribution is -2.02. The standard InChI is InChI=1S/C22H18N4O7/c1-31-16-8-7-13(19(32-2)20(16)33-3)15-10-14(22(27)28)17-18(24-25-21(17)23-15)11-5-4-6-12(9-11)26(29)30/h4-10H,1-3H3,(H,27,28)(H,23,24,25). The maximum atomic E-state index is 12.2. The van der Waals surface area contributed by atoms with E-state index in [2.05, 4.69) is 15.2 Å². The number of nitrogens with one attached hydrogen (secondary N) is 1. The van der Waals surface area contributed by atoms with Crippen LogP contribution < -0.4 is 14.2 Å². The zero-order valence-corrected chi connectivity index (χ0v) is 17.8. The van der Waals surface area contributed by atoms with Gasteiger partial charge in [-0.1, -0.05) is 12.1 Å². The maximum Gasteiger partial charge on any atom is 0.336 e. The number of fused-ring (bicyclic) bond motifs is 1. The van der Waals surface area contributed by atoms with Crippen LogP contribution >= 0.6 is 0 Å². The van der Waals surface area contributed by atoms with Crippen molar-refractivity contribution in [3.05, 3.63) is 58.1 Å². The summed E-state index contributed by atoms with van der Waals surface area (Å²) in [4.78, 5) is 27.3. The molecule has 2 heterocycles. The van der Waals surface area contributed by atoms with Gasteiger partial charge in [-0.05, 0) is 18.2 Å². The summed E-state index contributed by atoms with van der Waals surface area (Å²) in [6.07, 6.45) is 0. The normalized spacial score (nSPS) is 10.8. The van der Waals surface area contributed by atoms with E-state index in [1.54, 1.807) is 18.2 Å². The summed E-state index contributed by atoms with van der Waals surface area (Å²) in [5, 5.41) is 28.3. The Kier molecular flexibility index (Phi) is 5.53. The zero-order chi connectivity index (χ0) is 23.7. The van der Waals surface area contributed by atoms with Crippen molar-refractivity contribution in [3.63, 3.8) is 0 Å². The molecule has 0 aliphatic carbocycles. The second-order valence-corrected chi connectivity index (χ2v) is 6.85. The van der Waals surface area contributed by atoms with Crippen molar-refractivity contribution in [2.24, 2.45) is 0 Å². The van der Waals surface area contributed by atoms with Crippen molar-refractivity contribution in [3.8, 4) is 39.8 Å². The SMILES string of the molecule is COc1ccc(-c2cc(C(=O)O)c3c(-c4cccc([N+](=O)[O-])c4)[nH]nc3n2)c(OC)c1OC. The lowest BCUT2D eigenvalue weighted by Gasteiger charge is -2.15. The number of aromatic amines is 1. The van der Waals surface area contributed by atoms with E-state index in [4.69, 9.17) is 14.2 Å². The Morgan fingerprint density at radius 2 is 1.82 bits per heavy atom.